The fourth-order valence-corrected chi connectivity index (χ4v) is 3.34. The molecule has 30 heavy (non-hydrogen) atoms. The molecule has 7 heteroatoms. The van der Waals surface area contributed by atoms with Crippen LogP contribution in [0.1, 0.15) is 34.7 Å². The third-order valence-electron chi connectivity index (χ3n) is 4.17. The number of carbonyl (C=O) groups excluding carboxylic acids is 2. The molecule has 0 amide bonds. The second kappa shape index (κ2) is 12.3. The van der Waals surface area contributed by atoms with Crippen LogP contribution in [0.15, 0.2) is 24.3 Å². The number of methoxy groups -OCH3 is 2. The highest BCUT2D eigenvalue weighted by atomic mass is 127. The maximum Gasteiger partial charge on any atom is 0.310 e. The predicted octanol–water partition coefficient (Wildman–Crippen LogP) is 4.68. The number of benzene rings is 2. The van der Waals surface area contributed by atoms with Crippen LogP contribution >= 0.6 is 22.6 Å². The van der Waals surface area contributed by atoms with Crippen molar-refractivity contribution in [3.8, 4) is 11.8 Å². The topological polar surface area (TPSA) is 52.6 Å². The number of esters is 2. The lowest BCUT2D eigenvalue weighted by Crippen LogP contribution is -2.08. The van der Waals surface area contributed by atoms with Gasteiger partial charge in [0.25, 0.3) is 0 Å². The molecule has 2 rings (SSSR count). The van der Waals surface area contributed by atoms with Crippen LogP contribution in [0.5, 0.6) is 0 Å². The molecular weight excluding hydrogens is 505 g/mol. The Labute approximate surface area is 189 Å². The average Bonchev–Trinajstić information content (AvgIpc) is 2.67. The minimum Gasteiger partial charge on any atom is -0.469 e. The molecule has 0 N–H and O–H groups in total. The molecule has 2 aromatic carbocycles. The summed E-state index contributed by atoms with van der Waals surface area (Å²) in [7, 11) is 2.58. The summed E-state index contributed by atoms with van der Waals surface area (Å²) in [5, 5.41) is 0. The largest absolute Gasteiger partial charge is 0.469 e. The third kappa shape index (κ3) is 7.75. The number of aryl methyl sites for hydroxylation is 2. The van der Waals surface area contributed by atoms with Gasteiger partial charge < -0.3 is 9.47 Å². The maximum absolute atomic E-state index is 13.7. The van der Waals surface area contributed by atoms with Crippen molar-refractivity contribution >= 4 is 34.5 Å². The van der Waals surface area contributed by atoms with Gasteiger partial charge in [-0.3, -0.25) is 9.59 Å². The Morgan fingerprint density at radius 1 is 0.900 bits per heavy atom. The third-order valence-corrected chi connectivity index (χ3v) is 4.79. The number of hydrogen-bond donors (Lipinski definition) is 0. The molecule has 2 aromatic rings. The Kier molecular flexibility index (Phi) is 10.5. The Balaban J connectivity index is 0.000000303. The Hall–Kier alpha value is -2.47. The summed E-state index contributed by atoms with van der Waals surface area (Å²) in [6.07, 6.45) is -0.0565. The molecule has 4 nitrogen and oxygen atoms in total. The Bertz CT molecular complexity index is 944. The summed E-state index contributed by atoms with van der Waals surface area (Å²) in [5.74, 6) is 3.85. The van der Waals surface area contributed by atoms with Crippen molar-refractivity contribution in [2.24, 2.45) is 0 Å². The van der Waals surface area contributed by atoms with Gasteiger partial charge in [0, 0.05) is 20.3 Å². The lowest BCUT2D eigenvalue weighted by Gasteiger charge is -2.06. The van der Waals surface area contributed by atoms with E-state index in [4.69, 9.17) is 0 Å². The summed E-state index contributed by atoms with van der Waals surface area (Å²) in [6, 6.07) is 6.34. The van der Waals surface area contributed by atoms with E-state index in [1.165, 1.54) is 26.4 Å². The normalized spacial score (nSPS) is 9.60. The lowest BCUT2D eigenvalue weighted by molar-refractivity contribution is -0.140. The lowest BCUT2D eigenvalue weighted by atomic mass is 10.0. The molecule has 0 saturated heterocycles. The zero-order valence-electron chi connectivity index (χ0n) is 17.5. The number of ether oxygens (including phenoxy) is 2. The highest BCUT2D eigenvalue weighted by Gasteiger charge is 2.13. The molecule has 0 atom stereocenters. The van der Waals surface area contributed by atoms with Crippen LogP contribution < -0.4 is 0 Å². The highest BCUT2D eigenvalue weighted by molar-refractivity contribution is 14.1. The molecule has 160 valence electrons. The molecule has 0 unspecified atom stereocenters. The van der Waals surface area contributed by atoms with Gasteiger partial charge in [0.05, 0.1) is 27.1 Å². The molecule has 0 fully saturated rings. The van der Waals surface area contributed by atoms with Gasteiger partial charge in [-0.05, 0) is 78.8 Å². The first-order valence-electron chi connectivity index (χ1n) is 8.92. The molecular formula is C23H23F2IO4. The van der Waals surface area contributed by atoms with Gasteiger partial charge in [0.2, 0.25) is 0 Å². The fourth-order valence-electron chi connectivity index (χ4n) is 2.60. The van der Waals surface area contributed by atoms with Gasteiger partial charge in [-0.2, -0.15) is 0 Å². The Morgan fingerprint density at radius 3 is 1.77 bits per heavy atom. The van der Waals surface area contributed by atoms with E-state index in [0.717, 1.165) is 9.13 Å². The van der Waals surface area contributed by atoms with Gasteiger partial charge in [0.1, 0.15) is 11.6 Å². The van der Waals surface area contributed by atoms with Gasteiger partial charge in [-0.25, -0.2) is 8.78 Å². The first kappa shape index (κ1) is 25.6. The monoisotopic (exact) mass is 528 g/mol. The van der Waals surface area contributed by atoms with Crippen molar-refractivity contribution in [1.29, 1.82) is 0 Å². The van der Waals surface area contributed by atoms with E-state index in [1.54, 1.807) is 26.8 Å². The first-order valence-corrected chi connectivity index (χ1v) is 10.0. The molecule has 0 saturated carbocycles. The van der Waals surface area contributed by atoms with Gasteiger partial charge in [-0.1, -0.05) is 5.92 Å². The van der Waals surface area contributed by atoms with Crippen LogP contribution in [0.25, 0.3) is 0 Å². The second-order valence-corrected chi connectivity index (χ2v) is 7.56. The molecule has 0 heterocycles. The Morgan fingerprint density at radius 2 is 1.37 bits per heavy atom. The van der Waals surface area contributed by atoms with E-state index in [1.807, 2.05) is 28.7 Å². The quantitative estimate of drug-likeness (QED) is 0.329. The maximum atomic E-state index is 13.7. The van der Waals surface area contributed by atoms with Crippen molar-refractivity contribution < 1.29 is 27.8 Å². The fraction of sp³-hybridized carbons (Fsp3) is 0.304. The summed E-state index contributed by atoms with van der Waals surface area (Å²) in [5.41, 5.74) is 2.89. The van der Waals surface area contributed by atoms with Crippen LogP contribution in [0.4, 0.5) is 8.78 Å². The zero-order valence-corrected chi connectivity index (χ0v) is 19.6. The number of rotatable bonds is 4. The van der Waals surface area contributed by atoms with Gasteiger partial charge in [0.15, 0.2) is 0 Å². The van der Waals surface area contributed by atoms with Crippen LogP contribution in [0.3, 0.4) is 0 Å². The smallest absolute Gasteiger partial charge is 0.310 e. The molecule has 0 aliphatic rings. The van der Waals surface area contributed by atoms with E-state index < -0.39 is 17.8 Å². The number of hydrogen-bond acceptors (Lipinski definition) is 4. The first-order chi connectivity index (χ1) is 14.1. The highest BCUT2D eigenvalue weighted by Crippen LogP contribution is 2.18. The molecule has 0 aliphatic carbocycles. The van der Waals surface area contributed by atoms with Gasteiger partial charge in [-0.15, -0.1) is 5.92 Å². The molecule has 0 bridgehead atoms. The minimum absolute atomic E-state index is 0.00884. The summed E-state index contributed by atoms with van der Waals surface area (Å²) < 4.78 is 36.9. The van der Waals surface area contributed by atoms with Crippen LogP contribution in [-0.2, 0) is 31.9 Å². The van der Waals surface area contributed by atoms with E-state index in [-0.39, 0.29) is 18.7 Å². The van der Waals surface area contributed by atoms with E-state index in [0.29, 0.717) is 22.3 Å². The average molecular weight is 528 g/mol. The van der Waals surface area contributed by atoms with Gasteiger partial charge >= 0.3 is 11.9 Å². The van der Waals surface area contributed by atoms with E-state index in [2.05, 4.69) is 21.3 Å². The molecule has 0 spiro atoms. The molecule has 0 aliphatic heterocycles. The summed E-state index contributed by atoms with van der Waals surface area (Å²) in [4.78, 5) is 22.1. The van der Waals surface area contributed by atoms with Crippen molar-refractivity contribution in [2.45, 2.75) is 33.6 Å². The van der Waals surface area contributed by atoms with Crippen molar-refractivity contribution in [3.05, 3.63) is 67.3 Å². The SMILES string of the molecule is CC#Cc1cc(C)c(CC(=O)OC)c(F)c1.COC(=O)Cc1c(C)cc(I)cc1F. The standard InChI is InChI=1S/C13H13FO2.C10H10FIO2/c1-4-5-10-6-9(2)11(12(14)7-10)8-13(15)16-3;1-6-3-7(12)4-9(11)8(6)5-10(13)14-2/h6-7H,8H2,1-3H3;3-4H,5H2,1-2H3. The molecule has 0 aromatic heterocycles. The van der Waals surface area contributed by atoms with Crippen molar-refractivity contribution in [1.82, 2.24) is 0 Å². The summed E-state index contributed by atoms with van der Waals surface area (Å²) in [6.45, 7) is 5.22. The van der Waals surface area contributed by atoms with Crippen LogP contribution in [0, 0.1) is 40.9 Å². The minimum atomic E-state index is -0.448. The van der Waals surface area contributed by atoms with E-state index >= 15 is 0 Å². The van der Waals surface area contributed by atoms with Crippen LogP contribution in [0.2, 0.25) is 0 Å². The zero-order chi connectivity index (χ0) is 22.8. The van der Waals surface area contributed by atoms with Crippen molar-refractivity contribution in [3.63, 3.8) is 0 Å². The predicted molar refractivity (Wildman–Crippen MR) is 119 cm³/mol. The van der Waals surface area contributed by atoms with Crippen LogP contribution in [-0.4, -0.2) is 26.2 Å². The van der Waals surface area contributed by atoms with Crippen molar-refractivity contribution in [2.75, 3.05) is 14.2 Å². The number of halogens is 3. The summed E-state index contributed by atoms with van der Waals surface area (Å²) >= 11 is 2.03. The second-order valence-electron chi connectivity index (χ2n) is 6.32. The van der Waals surface area contributed by atoms with E-state index in [9.17, 15) is 18.4 Å². The molecule has 0 radical (unpaired) electrons. The number of carbonyl (C=O) groups is 2.